The number of fused-ring (bicyclic) bond motifs is 1. The number of nitrogens with zero attached hydrogens (tertiary/aromatic N) is 3. The van der Waals surface area contributed by atoms with Crippen LogP contribution in [0, 0.1) is 0 Å². The highest BCUT2D eigenvalue weighted by molar-refractivity contribution is 6.32. The van der Waals surface area contributed by atoms with Crippen molar-refractivity contribution in [3.8, 4) is 0 Å². The van der Waals surface area contributed by atoms with E-state index < -0.39 is 0 Å². The van der Waals surface area contributed by atoms with Crippen molar-refractivity contribution in [2.75, 3.05) is 6.54 Å². The number of nitrogens with one attached hydrogen (secondary N) is 1. The second kappa shape index (κ2) is 6.96. The first-order valence-electron chi connectivity index (χ1n) is 7.77. The lowest BCUT2D eigenvalue weighted by molar-refractivity contribution is -0.116. The molecule has 1 N–H and O–H groups in total. The van der Waals surface area contributed by atoms with E-state index >= 15 is 0 Å². The van der Waals surface area contributed by atoms with Crippen LogP contribution in [0.2, 0.25) is 5.02 Å². The average molecular weight is 331 g/mol. The Morgan fingerprint density at radius 3 is 3.04 bits per heavy atom. The van der Waals surface area contributed by atoms with E-state index in [1.165, 1.54) is 0 Å². The van der Waals surface area contributed by atoms with Crippen molar-refractivity contribution < 1.29 is 4.79 Å². The summed E-state index contributed by atoms with van der Waals surface area (Å²) in [6, 6.07) is 7.50. The molecule has 0 saturated carbocycles. The molecule has 0 bridgehead atoms. The van der Waals surface area contributed by atoms with Crippen molar-refractivity contribution in [3.63, 3.8) is 0 Å². The van der Waals surface area contributed by atoms with E-state index in [1.54, 1.807) is 6.08 Å². The van der Waals surface area contributed by atoms with E-state index in [0.717, 1.165) is 42.2 Å². The van der Waals surface area contributed by atoms with Gasteiger partial charge in [-0.2, -0.15) is 0 Å². The molecule has 1 aromatic carbocycles. The second-order valence-electron chi connectivity index (χ2n) is 5.64. The van der Waals surface area contributed by atoms with Gasteiger partial charge in [0.2, 0.25) is 5.91 Å². The minimum atomic E-state index is -0.122. The fourth-order valence-corrected chi connectivity index (χ4v) is 3.08. The standard InChI is InChI=1S/C17H19ClN4O/c1-12(13-5-2-3-6-14(13)18)11-17(23)19-9-8-16-21-20-15-7-4-10-22(15)16/h2-3,5-6,11H,4,7-10H2,1H3,(H,19,23)/b12-11-. The van der Waals surface area contributed by atoms with Crippen molar-refractivity contribution in [3.05, 3.63) is 52.6 Å². The summed E-state index contributed by atoms with van der Waals surface area (Å²) in [5.41, 5.74) is 1.72. The lowest BCUT2D eigenvalue weighted by Gasteiger charge is -2.06. The van der Waals surface area contributed by atoms with Gasteiger partial charge in [-0.25, -0.2) is 0 Å². The van der Waals surface area contributed by atoms with Gasteiger partial charge >= 0.3 is 0 Å². The Bertz CT molecular complexity index is 751. The molecule has 0 atom stereocenters. The van der Waals surface area contributed by atoms with Crippen LogP contribution in [0.1, 0.15) is 30.6 Å². The summed E-state index contributed by atoms with van der Waals surface area (Å²) >= 11 is 6.14. The first-order chi connectivity index (χ1) is 11.1. The van der Waals surface area contributed by atoms with Crippen LogP contribution in [-0.2, 0) is 24.2 Å². The Hall–Kier alpha value is -2.14. The largest absolute Gasteiger partial charge is 0.352 e. The van der Waals surface area contributed by atoms with E-state index in [0.29, 0.717) is 18.0 Å². The molecule has 0 saturated heterocycles. The molecular weight excluding hydrogens is 312 g/mol. The summed E-state index contributed by atoms with van der Waals surface area (Å²) in [7, 11) is 0. The van der Waals surface area contributed by atoms with Gasteiger partial charge in [0.25, 0.3) is 0 Å². The van der Waals surface area contributed by atoms with Gasteiger partial charge in [0.1, 0.15) is 11.6 Å². The lowest BCUT2D eigenvalue weighted by Crippen LogP contribution is -2.24. The highest BCUT2D eigenvalue weighted by atomic mass is 35.5. The molecule has 1 aliphatic heterocycles. The molecular formula is C17H19ClN4O. The van der Waals surface area contributed by atoms with Gasteiger partial charge in [-0.1, -0.05) is 29.8 Å². The number of benzene rings is 1. The van der Waals surface area contributed by atoms with E-state index in [4.69, 9.17) is 11.6 Å². The smallest absolute Gasteiger partial charge is 0.244 e. The van der Waals surface area contributed by atoms with Gasteiger partial charge in [-0.3, -0.25) is 4.79 Å². The van der Waals surface area contributed by atoms with Gasteiger partial charge in [-0.05, 0) is 30.5 Å². The van der Waals surface area contributed by atoms with Crippen LogP contribution in [-0.4, -0.2) is 27.2 Å². The number of amides is 1. The third-order valence-corrected chi connectivity index (χ3v) is 4.31. The first-order valence-corrected chi connectivity index (χ1v) is 8.15. The lowest BCUT2D eigenvalue weighted by atomic mass is 10.1. The maximum atomic E-state index is 12.0. The summed E-state index contributed by atoms with van der Waals surface area (Å²) < 4.78 is 2.15. The van der Waals surface area contributed by atoms with Crippen LogP contribution in [0.5, 0.6) is 0 Å². The Labute approximate surface area is 140 Å². The zero-order valence-electron chi connectivity index (χ0n) is 13.1. The fraction of sp³-hybridized carbons (Fsp3) is 0.353. The first kappa shape index (κ1) is 15.7. The Morgan fingerprint density at radius 2 is 2.22 bits per heavy atom. The predicted octanol–water partition coefficient (Wildman–Crippen LogP) is 2.64. The number of rotatable bonds is 5. The zero-order chi connectivity index (χ0) is 16.2. The number of aromatic nitrogens is 3. The third kappa shape index (κ3) is 3.62. The van der Waals surface area contributed by atoms with Crippen LogP contribution in [0.25, 0.3) is 5.57 Å². The van der Waals surface area contributed by atoms with Crippen molar-refractivity contribution in [2.45, 2.75) is 32.7 Å². The molecule has 0 spiro atoms. The number of hydrogen-bond acceptors (Lipinski definition) is 3. The third-order valence-electron chi connectivity index (χ3n) is 3.98. The van der Waals surface area contributed by atoms with Crippen molar-refractivity contribution >= 4 is 23.1 Å². The summed E-state index contributed by atoms with van der Waals surface area (Å²) in [4.78, 5) is 12.0. The number of hydrogen-bond donors (Lipinski definition) is 1. The molecule has 0 radical (unpaired) electrons. The molecule has 0 aliphatic carbocycles. The second-order valence-corrected chi connectivity index (χ2v) is 6.04. The summed E-state index contributed by atoms with van der Waals surface area (Å²) in [6.45, 7) is 3.41. The molecule has 0 unspecified atom stereocenters. The Balaban J connectivity index is 1.55. The summed E-state index contributed by atoms with van der Waals surface area (Å²) in [5.74, 6) is 1.88. The van der Waals surface area contributed by atoms with Crippen LogP contribution in [0.4, 0.5) is 0 Å². The summed E-state index contributed by atoms with van der Waals surface area (Å²) in [6.07, 6.45) is 4.40. The van der Waals surface area contributed by atoms with Crippen molar-refractivity contribution in [1.82, 2.24) is 20.1 Å². The van der Waals surface area contributed by atoms with Gasteiger partial charge < -0.3 is 9.88 Å². The molecule has 23 heavy (non-hydrogen) atoms. The molecule has 5 nitrogen and oxygen atoms in total. The highest BCUT2D eigenvalue weighted by Gasteiger charge is 2.16. The maximum absolute atomic E-state index is 12.0. The normalized spacial score (nSPS) is 13.9. The minimum absolute atomic E-state index is 0.122. The molecule has 3 rings (SSSR count). The van der Waals surface area contributed by atoms with E-state index in [-0.39, 0.29) is 5.91 Å². The van der Waals surface area contributed by atoms with E-state index in [2.05, 4.69) is 20.1 Å². The van der Waals surface area contributed by atoms with E-state index in [9.17, 15) is 4.79 Å². The number of halogens is 1. The predicted molar refractivity (Wildman–Crippen MR) is 90.2 cm³/mol. The molecule has 0 fully saturated rings. The molecule has 1 aliphatic rings. The molecule has 1 amide bonds. The SMILES string of the molecule is C/C(=C/C(=O)NCCc1nnc2n1CCC2)c1ccccc1Cl. The zero-order valence-corrected chi connectivity index (χ0v) is 13.8. The Kier molecular flexibility index (Phi) is 4.76. The Morgan fingerprint density at radius 1 is 1.39 bits per heavy atom. The molecule has 1 aromatic heterocycles. The van der Waals surface area contributed by atoms with Gasteiger partial charge in [-0.15, -0.1) is 10.2 Å². The van der Waals surface area contributed by atoms with Gasteiger partial charge in [0.15, 0.2) is 0 Å². The fourth-order valence-electron chi connectivity index (χ4n) is 2.80. The molecule has 2 aromatic rings. The minimum Gasteiger partial charge on any atom is -0.352 e. The van der Waals surface area contributed by atoms with Crippen LogP contribution >= 0.6 is 11.6 Å². The highest BCUT2D eigenvalue weighted by Crippen LogP contribution is 2.22. The number of carbonyl (C=O) groups excluding carboxylic acids is 1. The monoisotopic (exact) mass is 330 g/mol. The van der Waals surface area contributed by atoms with Crippen LogP contribution in [0.15, 0.2) is 30.3 Å². The van der Waals surface area contributed by atoms with Crippen LogP contribution in [0.3, 0.4) is 0 Å². The number of carbonyl (C=O) groups is 1. The molecule has 120 valence electrons. The maximum Gasteiger partial charge on any atom is 0.244 e. The average Bonchev–Trinajstić information content (AvgIpc) is 3.12. The molecule has 2 heterocycles. The number of aryl methyl sites for hydroxylation is 1. The van der Waals surface area contributed by atoms with E-state index in [1.807, 2.05) is 31.2 Å². The topological polar surface area (TPSA) is 59.8 Å². The quantitative estimate of drug-likeness (QED) is 0.857. The van der Waals surface area contributed by atoms with Gasteiger partial charge in [0, 0.05) is 37.0 Å². The van der Waals surface area contributed by atoms with Crippen molar-refractivity contribution in [2.24, 2.45) is 0 Å². The van der Waals surface area contributed by atoms with Crippen molar-refractivity contribution in [1.29, 1.82) is 0 Å². The number of allylic oxidation sites excluding steroid dienone is 1. The van der Waals surface area contributed by atoms with Crippen LogP contribution < -0.4 is 5.32 Å². The summed E-state index contributed by atoms with van der Waals surface area (Å²) in [5, 5.41) is 11.9. The van der Waals surface area contributed by atoms with Gasteiger partial charge in [0.05, 0.1) is 0 Å². The molecule has 6 heteroatoms.